The molecule has 2 heterocycles. The molecule has 1 atom stereocenters. The third-order valence-electron chi connectivity index (χ3n) is 4.40. The summed E-state index contributed by atoms with van der Waals surface area (Å²) >= 11 is 2.31. The summed E-state index contributed by atoms with van der Waals surface area (Å²) in [7, 11) is 0. The highest BCUT2D eigenvalue weighted by molar-refractivity contribution is 14.1. The summed E-state index contributed by atoms with van der Waals surface area (Å²) < 4.78 is 18.7. The second-order valence-electron chi connectivity index (χ2n) is 6.30. The summed E-state index contributed by atoms with van der Waals surface area (Å²) in [6.07, 6.45) is 4.93. The Hall–Kier alpha value is -1.70. The first-order chi connectivity index (χ1) is 12.8. The van der Waals surface area contributed by atoms with Crippen molar-refractivity contribution < 1.29 is 14.2 Å². The van der Waals surface area contributed by atoms with Crippen LogP contribution in [0.2, 0.25) is 0 Å². The molecule has 3 aromatic rings. The van der Waals surface area contributed by atoms with E-state index in [1.807, 2.05) is 42.5 Å². The smallest absolute Gasteiger partial charge is 0.158 e. The zero-order chi connectivity index (χ0) is 17.8. The normalized spacial score (nSPS) is 17.3. The van der Waals surface area contributed by atoms with Gasteiger partial charge in [-0.15, -0.1) is 0 Å². The van der Waals surface area contributed by atoms with Crippen LogP contribution in [-0.2, 0) is 16.1 Å². The first-order valence-electron chi connectivity index (χ1n) is 8.83. The molecule has 1 saturated heterocycles. The van der Waals surface area contributed by atoms with Gasteiger partial charge in [-0.1, -0.05) is 30.3 Å². The molecule has 1 aliphatic rings. The highest BCUT2D eigenvalue weighted by Gasteiger charge is 2.15. The number of fused-ring (bicyclic) bond motifs is 1. The molecule has 26 heavy (non-hydrogen) atoms. The van der Waals surface area contributed by atoms with Crippen molar-refractivity contribution in [1.82, 2.24) is 4.98 Å². The fourth-order valence-electron chi connectivity index (χ4n) is 3.01. The molecule has 1 aliphatic heterocycles. The lowest BCUT2D eigenvalue weighted by molar-refractivity contribution is -0.169. The van der Waals surface area contributed by atoms with Crippen molar-refractivity contribution >= 4 is 33.5 Å². The number of rotatable bonds is 5. The molecule has 0 aliphatic carbocycles. The summed E-state index contributed by atoms with van der Waals surface area (Å²) in [4.78, 5) is 4.46. The van der Waals surface area contributed by atoms with E-state index < -0.39 is 0 Å². The molecule has 1 unspecified atom stereocenters. The fraction of sp³-hybridized carbons (Fsp3) is 0.286. The number of ether oxygens (including phenoxy) is 3. The van der Waals surface area contributed by atoms with E-state index >= 15 is 0 Å². The van der Waals surface area contributed by atoms with Gasteiger partial charge in [-0.25, -0.2) is 0 Å². The quantitative estimate of drug-likeness (QED) is 0.459. The second kappa shape index (κ2) is 8.33. The van der Waals surface area contributed by atoms with Gasteiger partial charge >= 0.3 is 0 Å². The lowest BCUT2D eigenvalue weighted by atomic mass is 10.2. The van der Waals surface area contributed by atoms with E-state index in [2.05, 4.69) is 33.6 Å². The molecule has 4 rings (SSSR count). The number of benzene rings is 2. The Bertz CT molecular complexity index is 893. The van der Waals surface area contributed by atoms with E-state index in [1.54, 1.807) is 6.20 Å². The third kappa shape index (κ3) is 4.16. The number of aromatic nitrogens is 1. The van der Waals surface area contributed by atoms with E-state index in [-0.39, 0.29) is 6.29 Å². The average Bonchev–Trinajstić information content (AvgIpc) is 2.69. The summed E-state index contributed by atoms with van der Waals surface area (Å²) in [5.74, 6) is 1.55. The van der Waals surface area contributed by atoms with Gasteiger partial charge in [-0.3, -0.25) is 4.98 Å². The maximum absolute atomic E-state index is 6.09. The second-order valence-corrected chi connectivity index (χ2v) is 7.38. The van der Waals surface area contributed by atoms with Gasteiger partial charge in [0.1, 0.15) is 11.5 Å². The van der Waals surface area contributed by atoms with Crippen molar-refractivity contribution in [2.75, 3.05) is 6.61 Å². The number of hydrogen-bond donors (Lipinski definition) is 0. The van der Waals surface area contributed by atoms with Crippen molar-refractivity contribution in [2.45, 2.75) is 32.2 Å². The molecular weight excluding hydrogens is 441 g/mol. The molecular formula is C21H20INO3. The van der Waals surface area contributed by atoms with Crippen LogP contribution in [0.1, 0.15) is 24.8 Å². The maximum Gasteiger partial charge on any atom is 0.158 e. The molecule has 134 valence electrons. The standard InChI is InChI=1S/C21H20INO3/c22-21-16(14-25-20-10-3-4-11-24-20)7-5-9-19(21)26-17-12-15-6-1-2-8-18(15)23-13-17/h1-2,5-9,12-13,20H,3-4,10-11,14H2. The predicted molar refractivity (Wildman–Crippen MR) is 109 cm³/mol. The first kappa shape index (κ1) is 17.7. The van der Waals surface area contributed by atoms with E-state index in [4.69, 9.17) is 14.2 Å². The topological polar surface area (TPSA) is 40.6 Å². The minimum atomic E-state index is -0.0891. The van der Waals surface area contributed by atoms with Crippen LogP contribution < -0.4 is 4.74 Å². The largest absolute Gasteiger partial charge is 0.455 e. The van der Waals surface area contributed by atoms with E-state index in [1.165, 1.54) is 6.42 Å². The summed E-state index contributed by atoms with van der Waals surface area (Å²) in [6.45, 7) is 1.32. The van der Waals surface area contributed by atoms with Gasteiger partial charge in [-0.2, -0.15) is 0 Å². The van der Waals surface area contributed by atoms with Gasteiger partial charge in [-0.05, 0) is 65.6 Å². The van der Waals surface area contributed by atoms with Crippen LogP contribution in [0.3, 0.4) is 0 Å². The Balaban J connectivity index is 1.49. The first-order valence-corrected chi connectivity index (χ1v) is 9.91. The highest BCUT2D eigenvalue weighted by atomic mass is 127. The molecule has 5 heteroatoms. The monoisotopic (exact) mass is 461 g/mol. The van der Waals surface area contributed by atoms with Gasteiger partial charge in [0.05, 0.1) is 21.9 Å². The Morgan fingerprint density at radius 2 is 2.04 bits per heavy atom. The summed E-state index contributed by atoms with van der Waals surface area (Å²) in [5.41, 5.74) is 2.07. The minimum absolute atomic E-state index is 0.0891. The van der Waals surface area contributed by atoms with Gasteiger partial charge in [0.2, 0.25) is 0 Å². The molecule has 0 spiro atoms. The lowest BCUT2D eigenvalue weighted by Gasteiger charge is -2.23. The molecule has 1 fully saturated rings. The van der Waals surface area contributed by atoms with Crippen molar-refractivity contribution in [3.05, 3.63) is 63.9 Å². The Morgan fingerprint density at radius 3 is 2.92 bits per heavy atom. The zero-order valence-electron chi connectivity index (χ0n) is 14.4. The molecule has 0 saturated carbocycles. The van der Waals surface area contributed by atoms with Crippen LogP contribution in [0.15, 0.2) is 54.7 Å². The van der Waals surface area contributed by atoms with Gasteiger partial charge < -0.3 is 14.2 Å². The number of para-hydroxylation sites is 1. The molecule has 2 aromatic carbocycles. The van der Waals surface area contributed by atoms with Gasteiger partial charge in [0.25, 0.3) is 0 Å². The lowest BCUT2D eigenvalue weighted by Crippen LogP contribution is -2.22. The van der Waals surface area contributed by atoms with Crippen LogP contribution in [0.5, 0.6) is 11.5 Å². The summed E-state index contributed by atoms with van der Waals surface area (Å²) in [6, 6.07) is 16.1. The average molecular weight is 461 g/mol. The summed E-state index contributed by atoms with van der Waals surface area (Å²) in [5, 5.41) is 1.06. The van der Waals surface area contributed by atoms with E-state index in [0.717, 1.165) is 51.0 Å². The minimum Gasteiger partial charge on any atom is -0.455 e. The molecule has 4 nitrogen and oxygen atoms in total. The SMILES string of the molecule is Ic1c(COC2CCCCO2)cccc1Oc1cnc2ccccc2c1. The van der Waals surface area contributed by atoms with Gasteiger partial charge in [0.15, 0.2) is 6.29 Å². The van der Waals surface area contributed by atoms with Crippen LogP contribution in [-0.4, -0.2) is 17.9 Å². The highest BCUT2D eigenvalue weighted by Crippen LogP contribution is 2.31. The zero-order valence-corrected chi connectivity index (χ0v) is 16.5. The van der Waals surface area contributed by atoms with Crippen molar-refractivity contribution in [1.29, 1.82) is 0 Å². The Morgan fingerprint density at radius 1 is 1.12 bits per heavy atom. The number of hydrogen-bond acceptors (Lipinski definition) is 4. The molecule has 0 amide bonds. The van der Waals surface area contributed by atoms with Gasteiger partial charge in [0, 0.05) is 12.0 Å². The van der Waals surface area contributed by atoms with E-state index in [0.29, 0.717) is 6.61 Å². The Labute approximate surface area is 166 Å². The van der Waals surface area contributed by atoms with Crippen LogP contribution in [0, 0.1) is 3.57 Å². The third-order valence-corrected chi connectivity index (χ3v) is 5.62. The molecule has 0 N–H and O–H groups in total. The van der Waals surface area contributed by atoms with E-state index in [9.17, 15) is 0 Å². The van der Waals surface area contributed by atoms with Crippen LogP contribution in [0.25, 0.3) is 10.9 Å². The van der Waals surface area contributed by atoms with Crippen molar-refractivity contribution in [2.24, 2.45) is 0 Å². The number of halogens is 1. The molecule has 1 aromatic heterocycles. The fourth-order valence-corrected chi connectivity index (χ4v) is 3.63. The van der Waals surface area contributed by atoms with Crippen molar-refractivity contribution in [3.63, 3.8) is 0 Å². The maximum atomic E-state index is 6.09. The molecule has 0 bridgehead atoms. The predicted octanol–water partition coefficient (Wildman–Crippen LogP) is 5.67. The van der Waals surface area contributed by atoms with Crippen LogP contribution >= 0.6 is 22.6 Å². The Kier molecular flexibility index (Phi) is 5.67. The van der Waals surface area contributed by atoms with Crippen LogP contribution in [0.4, 0.5) is 0 Å². The number of nitrogens with zero attached hydrogens (tertiary/aromatic N) is 1. The molecule has 0 radical (unpaired) electrons. The number of pyridine rings is 1. The van der Waals surface area contributed by atoms with Crippen molar-refractivity contribution in [3.8, 4) is 11.5 Å².